The van der Waals surface area contributed by atoms with Crippen LogP contribution in [0.15, 0.2) is 9.98 Å². The lowest BCUT2D eigenvalue weighted by atomic mass is 9.96. The zero-order valence-corrected chi connectivity index (χ0v) is 8.32. The average Bonchev–Trinajstić information content (AvgIpc) is 2.42. The molecule has 1 atom stereocenters. The largest absolute Gasteiger partial charge is 0.381 e. The van der Waals surface area contributed by atoms with Crippen LogP contribution in [0.5, 0.6) is 0 Å². The van der Waals surface area contributed by atoms with E-state index in [2.05, 4.69) is 9.98 Å². The molecular weight excluding hydrogens is 180 g/mol. The number of carbonyl (C=O) groups is 1. The molecule has 0 aromatic rings. The average molecular weight is 194 g/mol. The number of fused-ring (bicyclic) bond motifs is 1. The third-order valence-corrected chi connectivity index (χ3v) is 2.58. The Labute approximate surface area is 83.1 Å². The lowest BCUT2D eigenvalue weighted by Gasteiger charge is -2.16. The third-order valence-electron chi connectivity index (χ3n) is 2.58. The van der Waals surface area contributed by atoms with E-state index in [4.69, 9.17) is 4.74 Å². The SMILES string of the molecule is CCC1=NC(=O)[C@H]2CCOCCC2=N1. The lowest BCUT2D eigenvalue weighted by molar-refractivity contribution is -0.120. The number of carbonyl (C=O) groups excluding carboxylic acids is 1. The second-order valence-corrected chi connectivity index (χ2v) is 3.53. The van der Waals surface area contributed by atoms with E-state index in [1.807, 2.05) is 6.92 Å². The van der Waals surface area contributed by atoms with Gasteiger partial charge >= 0.3 is 0 Å². The van der Waals surface area contributed by atoms with E-state index in [9.17, 15) is 4.79 Å². The maximum atomic E-state index is 11.6. The summed E-state index contributed by atoms with van der Waals surface area (Å²) in [5.74, 6) is 0.535. The predicted octanol–water partition coefficient (Wildman–Crippen LogP) is 1.20. The Hall–Kier alpha value is -1.03. The molecule has 0 saturated carbocycles. The van der Waals surface area contributed by atoms with E-state index < -0.39 is 0 Å². The van der Waals surface area contributed by atoms with Gasteiger partial charge in [0.25, 0.3) is 5.91 Å². The molecular formula is C10H14N2O2. The molecule has 0 bridgehead atoms. The van der Waals surface area contributed by atoms with E-state index in [1.54, 1.807) is 0 Å². The number of ether oxygens (including phenoxy) is 1. The number of hydrogen-bond acceptors (Lipinski definition) is 3. The van der Waals surface area contributed by atoms with Gasteiger partial charge in [0.2, 0.25) is 0 Å². The Bertz CT molecular complexity index is 307. The first-order chi connectivity index (χ1) is 6.81. The highest BCUT2D eigenvalue weighted by Crippen LogP contribution is 2.19. The maximum absolute atomic E-state index is 11.6. The molecule has 2 aliphatic rings. The highest BCUT2D eigenvalue weighted by Gasteiger charge is 2.29. The molecule has 2 heterocycles. The molecule has 0 aromatic heterocycles. The van der Waals surface area contributed by atoms with Crippen LogP contribution in [0, 0.1) is 5.92 Å². The zero-order chi connectivity index (χ0) is 9.97. The van der Waals surface area contributed by atoms with Crippen molar-refractivity contribution < 1.29 is 9.53 Å². The van der Waals surface area contributed by atoms with Crippen molar-refractivity contribution in [3.8, 4) is 0 Å². The van der Waals surface area contributed by atoms with Crippen molar-refractivity contribution in [1.29, 1.82) is 0 Å². The van der Waals surface area contributed by atoms with Crippen LogP contribution in [-0.2, 0) is 9.53 Å². The maximum Gasteiger partial charge on any atom is 0.256 e. The Kier molecular flexibility index (Phi) is 2.72. The van der Waals surface area contributed by atoms with Crippen molar-refractivity contribution in [1.82, 2.24) is 0 Å². The first kappa shape index (κ1) is 9.52. The molecule has 14 heavy (non-hydrogen) atoms. The first-order valence-corrected chi connectivity index (χ1v) is 5.08. The molecule has 0 unspecified atom stereocenters. The normalized spacial score (nSPS) is 27.5. The minimum Gasteiger partial charge on any atom is -0.381 e. The van der Waals surface area contributed by atoms with Gasteiger partial charge in [0, 0.05) is 25.2 Å². The number of amides is 1. The highest BCUT2D eigenvalue weighted by molar-refractivity contribution is 6.16. The van der Waals surface area contributed by atoms with Crippen molar-refractivity contribution in [2.45, 2.75) is 26.2 Å². The van der Waals surface area contributed by atoms with Gasteiger partial charge in [0.05, 0.1) is 12.5 Å². The number of hydrogen-bond donors (Lipinski definition) is 0. The molecule has 1 saturated heterocycles. The predicted molar refractivity (Wildman–Crippen MR) is 53.7 cm³/mol. The van der Waals surface area contributed by atoms with Crippen LogP contribution in [-0.4, -0.2) is 30.7 Å². The fourth-order valence-corrected chi connectivity index (χ4v) is 1.77. The number of nitrogens with zero attached hydrogens (tertiary/aromatic N) is 2. The van der Waals surface area contributed by atoms with Gasteiger partial charge in [-0.2, -0.15) is 4.99 Å². The smallest absolute Gasteiger partial charge is 0.256 e. The van der Waals surface area contributed by atoms with E-state index in [-0.39, 0.29) is 11.8 Å². The van der Waals surface area contributed by atoms with Crippen molar-refractivity contribution in [3.05, 3.63) is 0 Å². The highest BCUT2D eigenvalue weighted by atomic mass is 16.5. The molecule has 2 aliphatic heterocycles. The van der Waals surface area contributed by atoms with Crippen molar-refractivity contribution in [2.75, 3.05) is 13.2 Å². The Morgan fingerprint density at radius 1 is 1.43 bits per heavy atom. The molecule has 1 amide bonds. The molecule has 4 nitrogen and oxygen atoms in total. The second-order valence-electron chi connectivity index (χ2n) is 3.53. The van der Waals surface area contributed by atoms with Crippen LogP contribution in [0.2, 0.25) is 0 Å². The Morgan fingerprint density at radius 2 is 2.29 bits per heavy atom. The monoisotopic (exact) mass is 194 g/mol. The molecule has 76 valence electrons. The molecule has 0 aliphatic carbocycles. The van der Waals surface area contributed by atoms with Gasteiger partial charge in [0.1, 0.15) is 5.84 Å². The van der Waals surface area contributed by atoms with Crippen molar-refractivity contribution in [2.24, 2.45) is 15.9 Å². The van der Waals surface area contributed by atoms with Gasteiger partial charge in [-0.3, -0.25) is 4.79 Å². The summed E-state index contributed by atoms with van der Waals surface area (Å²) in [5.41, 5.74) is 0.972. The Balaban J connectivity index is 2.25. The summed E-state index contributed by atoms with van der Waals surface area (Å²) in [6, 6.07) is 0. The standard InChI is InChI=1S/C10H14N2O2/c1-2-9-11-8-4-6-14-5-3-7(8)10(13)12-9/h7H,2-6H2,1H3/t7-/m0/s1. The van der Waals surface area contributed by atoms with Gasteiger partial charge in [0.15, 0.2) is 0 Å². The summed E-state index contributed by atoms with van der Waals surface area (Å²) in [4.78, 5) is 20.0. The molecule has 0 aromatic carbocycles. The quantitative estimate of drug-likeness (QED) is 0.629. The summed E-state index contributed by atoms with van der Waals surface area (Å²) in [6.45, 7) is 3.29. The molecule has 1 fully saturated rings. The number of rotatable bonds is 1. The summed E-state index contributed by atoms with van der Waals surface area (Å²) in [6.07, 6.45) is 2.23. The van der Waals surface area contributed by atoms with E-state index in [1.165, 1.54) is 0 Å². The minimum atomic E-state index is -0.104. The van der Waals surface area contributed by atoms with Crippen LogP contribution >= 0.6 is 0 Å². The van der Waals surface area contributed by atoms with Crippen LogP contribution < -0.4 is 0 Å². The lowest BCUT2D eigenvalue weighted by Crippen LogP contribution is -2.28. The van der Waals surface area contributed by atoms with Crippen molar-refractivity contribution in [3.63, 3.8) is 0 Å². The first-order valence-electron chi connectivity index (χ1n) is 5.08. The van der Waals surface area contributed by atoms with Crippen LogP contribution in [0.1, 0.15) is 26.2 Å². The zero-order valence-electron chi connectivity index (χ0n) is 8.32. The van der Waals surface area contributed by atoms with Gasteiger partial charge in [-0.25, -0.2) is 4.99 Å². The third kappa shape index (κ3) is 1.75. The van der Waals surface area contributed by atoms with Gasteiger partial charge in [-0.1, -0.05) is 6.92 Å². The molecule has 0 radical (unpaired) electrons. The van der Waals surface area contributed by atoms with Gasteiger partial charge in [-0.15, -0.1) is 0 Å². The fourth-order valence-electron chi connectivity index (χ4n) is 1.77. The van der Waals surface area contributed by atoms with Crippen molar-refractivity contribution >= 4 is 17.5 Å². The summed E-state index contributed by atoms with van der Waals surface area (Å²) in [5, 5.41) is 0. The molecule has 0 N–H and O–H groups in total. The number of aliphatic imine (C=N–C) groups is 2. The topological polar surface area (TPSA) is 51.0 Å². The van der Waals surface area contributed by atoms with Gasteiger partial charge < -0.3 is 4.74 Å². The molecule has 2 rings (SSSR count). The Morgan fingerprint density at radius 3 is 3.07 bits per heavy atom. The summed E-state index contributed by atoms with van der Waals surface area (Å²) in [7, 11) is 0. The van der Waals surface area contributed by atoms with Crippen LogP contribution in [0.25, 0.3) is 0 Å². The minimum absolute atomic E-state index is 0.0302. The van der Waals surface area contributed by atoms with Crippen LogP contribution in [0.4, 0.5) is 0 Å². The van der Waals surface area contributed by atoms with Crippen LogP contribution in [0.3, 0.4) is 0 Å². The van der Waals surface area contributed by atoms with E-state index >= 15 is 0 Å². The molecule has 4 heteroatoms. The molecule has 0 spiro atoms. The van der Waals surface area contributed by atoms with E-state index in [0.29, 0.717) is 19.0 Å². The van der Waals surface area contributed by atoms with Gasteiger partial charge in [-0.05, 0) is 6.42 Å². The van der Waals surface area contributed by atoms with E-state index in [0.717, 1.165) is 25.0 Å². The fraction of sp³-hybridized carbons (Fsp3) is 0.700. The number of amidine groups is 1. The summed E-state index contributed by atoms with van der Waals surface area (Å²) < 4.78 is 5.32. The summed E-state index contributed by atoms with van der Waals surface area (Å²) >= 11 is 0. The second kappa shape index (κ2) is 4.00.